The van der Waals surface area contributed by atoms with Crippen LogP contribution in [0.5, 0.6) is 0 Å². The van der Waals surface area contributed by atoms with Gasteiger partial charge in [0.25, 0.3) is 20.0 Å². The standard InChI is InChI=1S/C7H14NO5S2/c1-3-5-14(10,11)8(7-9)15(12,13)6-4-2/h3-6H2,1-2H3. The fraction of sp³-hybridized carbons (Fsp3) is 0.857. The van der Waals surface area contributed by atoms with Crippen LogP contribution < -0.4 is 0 Å². The molecule has 8 heteroatoms. The minimum absolute atomic E-state index is 0.188. The van der Waals surface area contributed by atoms with E-state index in [4.69, 9.17) is 0 Å². The van der Waals surface area contributed by atoms with Crippen LogP contribution in [0.4, 0.5) is 0 Å². The number of hydrogen-bond acceptors (Lipinski definition) is 5. The Morgan fingerprint density at radius 1 is 0.933 bits per heavy atom. The van der Waals surface area contributed by atoms with Crippen molar-refractivity contribution >= 4 is 26.5 Å². The van der Waals surface area contributed by atoms with Crippen molar-refractivity contribution in [3.8, 4) is 0 Å². The van der Waals surface area contributed by atoms with Gasteiger partial charge in [-0.25, -0.2) is 16.8 Å². The van der Waals surface area contributed by atoms with Crippen molar-refractivity contribution in [1.82, 2.24) is 3.71 Å². The molecule has 89 valence electrons. The monoisotopic (exact) mass is 256 g/mol. The molecule has 0 aromatic carbocycles. The molecular weight excluding hydrogens is 242 g/mol. The quantitative estimate of drug-likeness (QED) is 0.590. The number of nitrogens with zero attached hydrogens (tertiary/aromatic N) is 1. The number of amides is 1. The van der Waals surface area contributed by atoms with E-state index in [1.807, 2.05) is 0 Å². The summed E-state index contributed by atoms with van der Waals surface area (Å²) in [5.41, 5.74) is 0. The van der Waals surface area contributed by atoms with Gasteiger partial charge in [-0.15, -0.1) is 3.71 Å². The van der Waals surface area contributed by atoms with E-state index >= 15 is 0 Å². The van der Waals surface area contributed by atoms with Gasteiger partial charge in [0.2, 0.25) is 0 Å². The summed E-state index contributed by atoms with van der Waals surface area (Å²) in [5.74, 6) is -0.767. The molecule has 0 saturated heterocycles. The summed E-state index contributed by atoms with van der Waals surface area (Å²) in [5, 5.41) is 0. The average molecular weight is 256 g/mol. The maximum atomic E-state index is 11.4. The molecule has 0 unspecified atom stereocenters. The van der Waals surface area contributed by atoms with Gasteiger partial charge in [0.05, 0.1) is 11.5 Å². The van der Waals surface area contributed by atoms with Gasteiger partial charge in [-0.2, -0.15) is 0 Å². The number of rotatable bonds is 7. The van der Waals surface area contributed by atoms with E-state index in [9.17, 15) is 21.6 Å². The molecule has 1 amide bonds. The Morgan fingerprint density at radius 2 is 1.27 bits per heavy atom. The zero-order valence-corrected chi connectivity index (χ0v) is 10.3. The lowest BCUT2D eigenvalue weighted by Gasteiger charge is -2.15. The van der Waals surface area contributed by atoms with Crippen molar-refractivity contribution < 1.29 is 21.6 Å². The third-order valence-corrected chi connectivity index (χ3v) is 5.87. The molecule has 0 spiro atoms. The molecule has 15 heavy (non-hydrogen) atoms. The highest BCUT2D eigenvalue weighted by molar-refractivity contribution is 8.04. The van der Waals surface area contributed by atoms with E-state index in [1.54, 1.807) is 13.8 Å². The highest BCUT2D eigenvalue weighted by atomic mass is 32.3. The largest absolute Gasteiger partial charge is 0.341 e. The molecule has 0 aromatic rings. The first-order chi connectivity index (χ1) is 6.81. The summed E-state index contributed by atoms with van der Waals surface area (Å²) in [6, 6.07) is 0. The zero-order chi connectivity index (χ0) is 12.1. The second kappa shape index (κ2) is 5.45. The lowest BCUT2D eigenvalue weighted by atomic mass is 10.6. The van der Waals surface area contributed by atoms with Gasteiger partial charge in [-0.1, -0.05) is 13.8 Å². The Balaban J connectivity index is 5.18. The molecule has 0 bridgehead atoms. The molecule has 0 aliphatic rings. The van der Waals surface area contributed by atoms with Crippen molar-refractivity contribution in [2.24, 2.45) is 0 Å². The van der Waals surface area contributed by atoms with Crippen LogP contribution in [-0.2, 0) is 24.8 Å². The summed E-state index contributed by atoms with van der Waals surface area (Å²) < 4.78 is 45.3. The molecule has 0 aliphatic carbocycles. The number of hydrogen-bond donors (Lipinski definition) is 0. The van der Waals surface area contributed by atoms with Crippen LogP contribution >= 0.6 is 0 Å². The Morgan fingerprint density at radius 3 is 1.47 bits per heavy atom. The lowest BCUT2D eigenvalue weighted by molar-refractivity contribution is 0.506. The van der Waals surface area contributed by atoms with Crippen molar-refractivity contribution in [3.63, 3.8) is 0 Å². The van der Waals surface area contributed by atoms with E-state index < -0.39 is 20.0 Å². The van der Waals surface area contributed by atoms with Gasteiger partial charge >= 0.3 is 6.41 Å². The molecule has 0 fully saturated rings. The lowest BCUT2D eigenvalue weighted by Crippen LogP contribution is -2.38. The normalized spacial score (nSPS) is 12.4. The molecule has 0 saturated carbocycles. The average Bonchev–Trinajstić information content (AvgIpc) is 2.02. The highest BCUT2D eigenvalue weighted by Gasteiger charge is 2.31. The van der Waals surface area contributed by atoms with E-state index in [-0.39, 0.29) is 28.1 Å². The van der Waals surface area contributed by atoms with E-state index in [0.29, 0.717) is 0 Å². The molecule has 0 N–H and O–H groups in total. The van der Waals surface area contributed by atoms with Gasteiger partial charge in [-0.3, -0.25) is 4.79 Å². The molecule has 0 aromatic heterocycles. The first kappa shape index (κ1) is 14.4. The maximum Gasteiger partial charge on any atom is 0.341 e. The van der Waals surface area contributed by atoms with Gasteiger partial charge in [-0.05, 0) is 12.8 Å². The maximum absolute atomic E-state index is 11.4. The fourth-order valence-corrected chi connectivity index (χ4v) is 4.39. The van der Waals surface area contributed by atoms with Crippen LogP contribution in [0.25, 0.3) is 0 Å². The zero-order valence-electron chi connectivity index (χ0n) is 8.63. The summed E-state index contributed by atoms with van der Waals surface area (Å²) in [4.78, 5) is 10.4. The van der Waals surface area contributed by atoms with Crippen LogP contribution in [0.2, 0.25) is 0 Å². The van der Waals surface area contributed by atoms with Crippen molar-refractivity contribution in [2.45, 2.75) is 26.7 Å². The van der Waals surface area contributed by atoms with Crippen molar-refractivity contribution in [1.29, 1.82) is 0 Å². The van der Waals surface area contributed by atoms with Crippen molar-refractivity contribution in [2.75, 3.05) is 11.5 Å². The van der Waals surface area contributed by atoms with Crippen LogP contribution in [0, 0.1) is 0 Å². The first-order valence-corrected chi connectivity index (χ1v) is 7.67. The van der Waals surface area contributed by atoms with Crippen LogP contribution in [0.3, 0.4) is 0 Å². The second-order valence-electron chi connectivity index (χ2n) is 2.92. The van der Waals surface area contributed by atoms with E-state index in [2.05, 4.69) is 0 Å². The van der Waals surface area contributed by atoms with E-state index in [1.165, 1.54) is 0 Å². The molecule has 6 nitrogen and oxygen atoms in total. The van der Waals surface area contributed by atoms with Crippen LogP contribution in [0.1, 0.15) is 26.7 Å². The third-order valence-electron chi connectivity index (χ3n) is 1.50. The predicted molar refractivity (Wildman–Crippen MR) is 55.7 cm³/mol. The minimum atomic E-state index is -4.08. The second-order valence-corrected chi connectivity index (χ2v) is 7.03. The number of sulfonamides is 2. The Kier molecular flexibility index (Phi) is 5.22. The Bertz CT molecular complexity index is 361. The summed E-state index contributed by atoms with van der Waals surface area (Å²) in [6.45, 7) is 3.15. The topological polar surface area (TPSA) is 88.6 Å². The van der Waals surface area contributed by atoms with Gasteiger partial charge in [0, 0.05) is 0 Å². The number of carbonyl (C=O) groups excluding carboxylic acids is 1. The summed E-state index contributed by atoms with van der Waals surface area (Å²) in [6.07, 6.45) is 1.44. The van der Waals surface area contributed by atoms with Gasteiger partial charge in [0.1, 0.15) is 0 Å². The molecule has 1 radical (unpaired) electrons. The fourth-order valence-electron chi connectivity index (χ4n) is 0.968. The predicted octanol–water partition coefficient (Wildman–Crippen LogP) is -0.165. The summed E-state index contributed by atoms with van der Waals surface area (Å²) in [7, 11) is -8.16. The van der Waals surface area contributed by atoms with Crippen LogP contribution in [0.15, 0.2) is 0 Å². The third kappa shape index (κ3) is 3.78. The SMILES string of the molecule is CCCS(=O)(=O)N([C]=O)S(=O)(=O)CCC. The first-order valence-electron chi connectivity index (χ1n) is 4.45. The molecule has 0 aliphatic heterocycles. The smallest absolute Gasteiger partial charge is 0.261 e. The van der Waals surface area contributed by atoms with E-state index in [0.717, 1.165) is 6.41 Å². The molecule has 0 atom stereocenters. The Labute approximate surface area is 90.4 Å². The van der Waals surface area contributed by atoms with Crippen LogP contribution in [-0.4, -0.2) is 38.5 Å². The minimum Gasteiger partial charge on any atom is -0.261 e. The molecule has 0 heterocycles. The molecule has 0 rings (SSSR count). The van der Waals surface area contributed by atoms with Gasteiger partial charge < -0.3 is 0 Å². The van der Waals surface area contributed by atoms with Crippen molar-refractivity contribution in [3.05, 3.63) is 0 Å². The summed E-state index contributed by atoms with van der Waals surface area (Å²) >= 11 is 0. The highest BCUT2D eigenvalue weighted by Crippen LogP contribution is 2.09. The Hall–Kier alpha value is -0.630. The molecular formula is C7H14NO5S2. The van der Waals surface area contributed by atoms with Gasteiger partial charge in [0.15, 0.2) is 0 Å².